The first-order valence-electron chi connectivity index (χ1n) is 3.19. The minimum Gasteiger partial charge on any atom is -0.294 e. The minimum absolute atomic E-state index is 0.155. The van der Waals surface area contributed by atoms with E-state index in [1.54, 1.807) is 5.51 Å². The van der Waals surface area contributed by atoms with Crippen LogP contribution >= 0.6 is 11.3 Å². The highest BCUT2D eigenvalue weighted by Gasteiger charge is 1.99. The second-order valence-electron chi connectivity index (χ2n) is 2.05. The Morgan fingerprint density at radius 1 is 1.82 bits per heavy atom. The van der Waals surface area contributed by atoms with Crippen molar-refractivity contribution in [3.05, 3.63) is 16.6 Å². The van der Waals surface area contributed by atoms with Gasteiger partial charge in [0, 0.05) is 11.8 Å². The van der Waals surface area contributed by atoms with Gasteiger partial charge in [-0.3, -0.25) is 10.2 Å². The molecule has 0 aliphatic rings. The third kappa shape index (κ3) is 2.65. The van der Waals surface area contributed by atoms with Crippen molar-refractivity contribution in [2.24, 2.45) is 5.84 Å². The summed E-state index contributed by atoms with van der Waals surface area (Å²) < 4.78 is 0. The fraction of sp³-hybridized carbons (Fsp3) is 0.333. The Morgan fingerprint density at radius 3 is 3.18 bits per heavy atom. The first-order valence-corrected chi connectivity index (χ1v) is 4.13. The number of aromatic nitrogens is 1. The molecule has 0 aromatic carbocycles. The summed E-state index contributed by atoms with van der Waals surface area (Å²) in [5.74, 6) is 4.74. The number of thiazole rings is 1. The van der Waals surface area contributed by atoms with E-state index >= 15 is 0 Å². The molecule has 60 valence electrons. The van der Waals surface area contributed by atoms with E-state index in [2.05, 4.69) is 10.4 Å². The van der Waals surface area contributed by atoms with E-state index in [9.17, 15) is 4.79 Å². The van der Waals surface area contributed by atoms with Crippen molar-refractivity contribution in [3.8, 4) is 0 Å². The zero-order chi connectivity index (χ0) is 8.10. The third-order valence-corrected chi connectivity index (χ3v) is 1.89. The monoisotopic (exact) mass is 171 g/mol. The van der Waals surface area contributed by atoms with E-state index in [0.717, 1.165) is 5.69 Å². The van der Waals surface area contributed by atoms with Crippen LogP contribution in [0.4, 0.5) is 0 Å². The smallest absolute Gasteiger partial charge is 0.234 e. The summed E-state index contributed by atoms with van der Waals surface area (Å²) in [6, 6.07) is 0. The molecule has 0 radical (unpaired) electrons. The summed E-state index contributed by atoms with van der Waals surface area (Å²) in [6.07, 6.45) is 1.06. The van der Waals surface area contributed by atoms with Crippen LogP contribution in [-0.2, 0) is 11.2 Å². The van der Waals surface area contributed by atoms with Crippen LogP contribution in [0.1, 0.15) is 12.1 Å². The molecule has 1 aromatic heterocycles. The number of nitrogens with zero attached hydrogens (tertiary/aromatic N) is 1. The molecule has 1 heterocycles. The van der Waals surface area contributed by atoms with Crippen LogP contribution in [-0.4, -0.2) is 10.9 Å². The molecule has 0 bridgehead atoms. The van der Waals surface area contributed by atoms with Gasteiger partial charge < -0.3 is 0 Å². The maximum Gasteiger partial charge on any atom is 0.234 e. The van der Waals surface area contributed by atoms with Crippen molar-refractivity contribution in [1.29, 1.82) is 0 Å². The first kappa shape index (κ1) is 8.16. The summed E-state index contributed by atoms with van der Waals surface area (Å²) in [7, 11) is 0. The molecule has 0 unspecified atom stereocenters. The molecule has 0 atom stereocenters. The Labute approximate surface area is 68.4 Å². The molecule has 0 spiro atoms. The van der Waals surface area contributed by atoms with Crippen LogP contribution in [0.15, 0.2) is 10.9 Å². The quantitative estimate of drug-likeness (QED) is 0.384. The highest BCUT2D eigenvalue weighted by atomic mass is 32.1. The second-order valence-corrected chi connectivity index (χ2v) is 2.77. The van der Waals surface area contributed by atoms with Crippen LogP contribution in [0, 0.1) is 0 Å². The number of aryl methyl sites for hydroxylation is 1. The van der Waals surface area contributed by atoms with Gasteiger partial charge in [0.1, 0.15) is 0 Å². The lowest BCUT2D eigenvalue weighted by atomic mass is 10.2. The van der Waals surface area contributed by atoms with Gasteiger partial charge in [0.15, 0.2) is 0 Å². The number of amides is 1. The van der Waals surface area contributed by atoms with Gasteiger partial charge in [0.25, 0.3) is 0 Å². The molecule has 0 aliphatic carbocycles. The molecule has 0 aliphatic heterocycles. The molecular weight excluding hydrogens is 162 g/mol. The highest BCUT2D eigenvalue weighted by Crippen LogP contribution is 2.03. The molecular formula is C6H9N3OS. The van der Waals surface area contributed by atoms with Crippen LogP contribution in [0.5, 0.6) is 0 Å². The van der Waals surface area contributed by atoms with E-state index in [4.69, 9.17) is 5.84 Å². The normalized spacial score (nSPS) is 9.55. The van der Waals surface area contributed by atoms with Crippen molar-refractivity contribution >= 4 is 17.2 Å². The van der Waals surface area contributed by atoms with Gasteiger partial charge >= 0.3 is 0 Å². The fourth-order valence-corrected chi connectivity index (χ4v) is 1.27. The number of hydrazine groups is 1. The summed E-state index contributed by atoms with van der Waals surface area (Å²) >= 11 is 1.52. The van der Waals surface area contributed by atoms with Gasteiger partial charge in [0.05, 0.1) is 11.2 Å². The summed E-state index contributed by atoms with van der Waals surface area (Å²) in [5.41, 5.74) is 4.75. The van der Waals surface area contributed by atoms with Crippen LogP contribution < -0.4 is 11.3 Å². The molecule has 3 N–H and O–H groups in total. The molecule has 5 heteroatoms. The zero-order valence-corrected chi connectivity index (χ0v) is 6.73. The maximum absolute atomic E-state index is 10.6. The summed E-state index contributed by atoms with van der Waals surface area (Å²) in [5, 5.41) is 1.92. The highest BCUT2D eigenvalue weighted by molar-refractivity contribution is 7.07. The predicted molar refractivity (Wildman–Crippen MR) is 42.8 cm³/mol. The lowest BCUT2D eigenvalue weighted by Gasteiger charge is -1.95. The Bertz CT molecular complexity index is 222. The lowest BCUT2D eigenvalue weighted by molar-refractivity contribution is -0.121. The maximum atomic E-state index is 10.6. The molecule has 1 aromatic rings. The Balaban J connectivity index is 2.29. The van der Waals surface area contributed by atoms with Gasteiger partial charge in [-0.2, -0.15) is 0 Å². The number of carbonyl (C=O) groups is 1. The number of nitrogens with two attached hydrogens (primary N) is 1. The standard InChI is InChI=1S/C6H9N3OS/c7-9-6(10)2-1-5-3-11-4-8-5/h3-4H,1-2,7H2,(H,9,10). The molecule has 0 fully saturated rings. The third-order valence-electron chi connectivity index (χ3n) is 1.25. The largest absolute Gasteiger partial charge is 0.294 e. The summed E-state index contributed by atoms with van der Waals surface area (Å²) in [4.78, 5) is 14.7. The average molecular weight is 171 g/mol. The number of hydrogen-bond donors (Lipinski definition) is 2. The van der Waals surface area contributed by atoms with E-state index < -0.39 is 0 Å². The lowest BCUT2D eigenvalue weighted by Crippen LogP contribution is -2.30. The Hall–Kier alpha value is -0.940. The number of nitrogens with one attached hydrogen (secondary N) is 1. The van der Waals surface area contributed by atoms with Gasteiger partial charge in [-0.25, -0.2) is 10.8 Å². The van der Waals surface area contributed by atoms with E-state index in [0.29, 0.717) is 12.8 Å². The average Bonchev–Trinajstić information content (AvgIpc) is 2.52. The van der Waals surface area contributed by atoms with Crippen molar-refractivity contribution < 1.29 is 4.79 Å². The van der Waals surface area contributed by atoms with Crippen molar-refractivity contribution in [3.63, 3.8) is 0 Å². The van der Waals surface area contributed by atoms with Crippen LogP contribution in [0.25, 0.3) is 0 Å². The van der Waals surface area contributed by atoms with Gasteiger partial charge in [-0.1, -0.05) is 0 Å². The predicted octanol–water partition coefficient (Wildman–Crippen LogP) is 0.0656. The fourth-order valence-electron chi connectivity index (χ4n) is 0.675. The molecule has 1 amide bonds. The minimum atomic E-state index is -0.155. The molecule has 11 heavy (non-hydrogen) atoms. The molecule has 1 rings (SSSR count). The molecule has 0 saturated heterocycles. The van der Waals surface area contributed by atoms with Crippen molar-refractivity contribution in [1.82, 2.24) is 10.4 Å². The Kier molecular flexibility index (Phi) is 3.00. The number of hydrogen-bond acceptors (Lipinski definition) is 4. The van der Waals surface area contributed by atoms with E-state index in [-0.39, 0.29) is 5.91 Å². The van der Waals surface area contributed by atoms with E-state index in [1.165, 1.54) is 11.3 Å². The van der Waals surface area contributed by atoms with Crippen molar-refractivity contribution in [2.75, 3.05) is 0 Å². The van der Waals surface area contributed by atoms with E-state index in [1.807, 2.05) is 5.38 Å². The van der Waals surface area contributed by atoms with Gasteiger partial charge in [-0.05, 0) is 6.42 Å². The first-order chi connectivity index (χ1) is 5.33. The van der Waals surface area contributed by atoms with Crippen molar-refractivity contribution in [2.45, 2.75) is 12.8 Å². The topological polar surface area (TPSA) is 68.0 Å². The van der Waals surface area contributed by atoms with Crippen LogP contribution in [0.2, 0.25) is 0 Å². The number of rotatable bonds is 3. The Morgan fingerprint density at radius 2 is 2.64 bits per heavy atom. The van der Waals surface area contributed by atoms with Gasteiger partial charge in [-0.15, -0.1) is 11.3 Å². The second kappa shape index (κ2) is 4.05. The number of carbonyl (C=O) groups excluding carboxylic acids is 1. The summed E-state index contributed by atoms with van der Waals surface area (Å²) in [6.45, 7) is 0. The van der Waals surface area contributed by atoms with Gasteiger partial charge in [0.2, 0.25) is 5.91 Å². The molecule has 0 saturated carbocycles. The zero-order valence-electron chi connectivity index (χ0n) is 5.91. The SMILES string of the molecule is NNC(=O)CCc1cscn1. The molecule has 4 nitrogen and oxygen atoms in total. The van der Waals surface area contributed by atoms with Crippen LogP contribution in [0.3, 0.4) is 0 Å².